The summed E-state index contributed by atoms with van der Waals surface area (Å²) in [6, 6.07) is 0.542. The van der Waals surface area contributed by atoms with Gasteiger partial charge in [-0.15, -0.1) is 0 Å². The number of hydrogen-bond donors (Lipinski definition) is 0. The van der Waals surface area contributed by atoms with Gasteiger partial charge in [0.15, 0.2) is 0 Å². The summed E-state index contributed by atoms with van der Waals surface area (Å²) in [6.45, 7) is 9.58. The van der Waals surface area contributed by atoms with Crippen molar-refractivity contribution < 1.29 is 0 Å². The third kappa shape index (κ3) is 4.76. The third-order valence-electron chi connectivity index (χ3n) is 2.78. The van der Waals surface area contributed by atoms with Gasteiger partial charge in [0.1, 0.15) is 12.2 Å². The Hall–Kier alpha value is -0.420. The molecule has 1 heterocycles. The van der Waals surface area contributed by atoms with E-state index < -0.39 is 0 Å². The molecule has 4 nitrogen and oxygen atoms in total. The van der Waals surface area contributed by atoms with Crippen LogP contribution in [0.1, 0.15) is 39.4 Å². The Morgan fingerprint density at radius 3 is 2.82 bits per heavy atom. The Kier molecular flexibility index (Phi) is 6.73. The smallest absolute Gasteiger partial charge is 0.141 e. The molecule has 1 aromatic heterocycles. The molecule has 0 spiro atoms. The molecule has 1 rings (SSSR count). The van der Waals surface area contributed by atoms with E-state index in [4.69, 9.17) is 0 Å². The highest BCUT2D eigenvalue weighted by atomic mass is 79.9. The summed E-state index contributed by atoms with van der Waals surface area (Å²) in [7, 11) is 0. The molecule has 0 N–H and O–H groups in total. The van der Waals surface area contributed by atoms with Crippen molar-refractivity contribution in [1.29, 1.82) is 0 Å². The van der Waals surface area contributed by atoms with Gasteiger partial charge in [0.2, 0.25) is 0 Å². The van der Waals surface area contributed by atoms with Gasteiger partial charge in [0.05, 0.1) is 6.54 Å². The summed E-state index contributed by atoms with van der Waals surface area (Å²) < 4.78 is 2.02. The largest absolute Gasteiger partial charge is 0.293 e. The van der Waals surface area contributed by atoms with Crippen LogP contribution in [0.4, 0.5) is 0 Å². The average molecular weight is 303 g/mol. The minimum Gasteiger partial charge on any atom is -0.293 e. The number of alkyl halides is 1. The average Bonchev–Trinajstić information content (AvgIpc) is 2.72. The lowest BCUT2D eigenvalue weighted by atomic mass is 10.3. The van der Waals surface area contributed by atoms with Crippen molar-refractivity contribution in [2.24, 2.45) is 0 Å². The second-order valence-corrected chi connectivity index (χ2v) is 5.30. The van der Waals surface area contributed by atoms with E-state index in [2.05, 4.69) is 51.7 Å². The van der Waals surface area contributed by atoms with Gasteiger partial charge >= 0.3 is 0 Å². The molecule has 1 aromatic rings. The lowest BCUT2D eigenvalue weighted by Crippen LogP contribution is -2.32. The van der Waals surface area contributed by atoms with Crippen molar-refractivity contribution in [2.75, 3.05) is 11.9 Å². The second-order valence-electron chi connectivity index (χ2n) is 4.51. The quantitative estimate of drug-likeness (QED) is 0.692. The number of rotatable bonds is 8. The maximum atomic E-state index is 4.36. The fourth-order valence-corrected chi connectivity index (χ4v) is 2.02. The van der Waals surface area contributed by atoms with Gasteiger partial charge < -0.3 is 0 Å². The molecule has 0 bridgehead atoms. The van der Waals surface area contributed by atoms with Crippen molar-refractivity contribution in [3.8, 4) is 0 Å². The summed E-state index contributed by atoms with van der Waals surface area (Å²) in [4.78, 5) is 6.81. The molecule has 0 aliphatic heterocycles. The molecule has 0 saturated heterocycles. The van der Waals surface area contributed by atoms with Crippen LogP contribution in [0.5, 0.6) is 0 Å². The van der Waals surface area contributed by atoms with Crippen LogP contribution >= 0.6 is 15.9 Å². The Morgan fingerprint density at radius 2 is 2.24 bits per heavy atom. The molecule has 98 valence electrons. The minimum atomic E-state index is 0.542. The molecule has 17 heavy (non-hydrogen) atoms. The number of aromatic nitrogens is 3. The van der Waals surface area contributed by atoms with Crippen LogP contribution in [0.25, 0.3) is 0 Å². The third-order valence-corrected chi connectivity index (χ3v) is 3.35. The van der Waals surface area contributed by atoms with Crippen LogP contribution in [0, 0.1) is 0 Å². The lowest BCUT2D eigenvalue weighted by Gasteiger charge is -2.25. The Bertz CT molecular complexity index is 311. The van der Waals surface area contributed by atoms with Crippen LogP contribution in [-0.4, -0.2) is 37.6 Å². The summed E-state index contributed by atoms with van der Waals surface area (Å²) in [5, 5.41) is 5.32. The van der Waals surface area contributed by atoms with Gasteiger partial charge in [-0.2, -0.15) is 5.10 Å². The van der Waals surface area contributed by atoms with E-state index in [0.717, 1.165) is 37.2 Å². The van der Waals surface area contributed by atoms with Crippen molar-refractivity contribution in [3.63, 3.8) is 0 Å². The van der Waals surface area contributed by atoms with E-state index in [1.54, 1.807) is 6.33 Å². The van der Waals surface area contributed by atoms with E-state index >= 15 is 0 Å². The standard InChI is InChI=1S/C12H23BrN4/c1-4-7-17-12(14-10-15-17)9-16(11(2)3)8-5-6-13/h10-11H,4-9H2,1-3H3. The molecular formula is C12H23BrN4. The van der Waals surface area contributed by atoms with Crippen molar-refractivity contribution in [1.82, 2.24) is 19.7 Å². The van der Waals surface area contributed by atoms with E-state index in [9.17, 15) is 0 Å². The molecule has 0 saturated carbocycles. The first kappa shape index (κ1) is 14.6. The van der Waals surface area contributed by atoms with E-state index in [1.807, 2.05) is 4.68 Å². The molecular weight excluding hydrogens is 280 g/mol. The van der Waals surface area contributed by atoms with Crippen molar-refractivity contribution >= 4 is 15.9 Å². The number of nitrogens with zero attached hydrogens (tertiary/aromatic N) is 4. The fourth-order valence-electron chi connectivity index (χ4n) is 1.77. The molecule has 0 radical (unpaired) electrons. The van der Waals surface area contributed by atoms with Crippen molar-refractivity contribution in [3.05, 3.63) is 12.2 Å². The van der Waals surface area contributed by atoms with E-state index in [1.165, 1.54) is 6.42 Å². The molecule has 0 fully saturated rings. The van der Waals surface area contributed by atoms with E-state index in [-0.39, 0.29) is 0 Å². The normalized spacial score (nSPS) is 11.6. The SMILES string of the molecule is CCCn1ncnc1CN(CCCBr)C(C)C. The zero-order valence-corrected chi connectivity index (χ0v) is 12.7. The van der Waals surface area contributed by atoms with Gasteiger partial charge in [-0.3, -0.25) is 4.90 Å². The highest BCUT2D eigenvalue weighted by Crippen LogP contribution is 2.08. The summed E-state index contributed by atoms with van der Waals surface area (Å²) in [5.41, 5.74) is 0. The summed E-state index contributed by atoms with van der Waals surface area (Å²) in [5.74, 6) is 1.08. The van der Waals surface area contributed by atoms with Gasteiger partial charge in [0, 0.05) is 17.9 Å². The number of aryl methyl sites for hydroxylation is 1. The zero-order chi connectivity index (χ0) is 12.7. The van der Waals surface area contributed by atoms with Crippen LogP contribution < -0.4 is 0 Å². The van der Waals surface area contributed by atoms with Crippen molar-refractivity contribution in [2.45, 2.75) is 52.7 Å². The Balaban J connectivity index is 2.61. The van der Waals surface area contributed by atoms with Gasteiger partial charge in [-0.1, -0.05) is 22.9 Å². The molecule has 0 aliphatic carbocycles. The van der Waals surface area contributed by atoms with Gasteiger partial charge in [-0.05, 0) is 33.2 Å². The van der Waals surface area contributed by atoms with Crippen LogP contribution in [0.3, 0.4) is 0 Å². The van der Waals surface area contributed by atoms with Crippen LogP contribution in [0.2, 0.25) is 0 Å². The maximum absolute atomic E-state index is 4.36. The first-order chi connectivity index (χ1) is 8.19. The van der Waals surface area contributed by atoms with Crippen LogP contribution in [-0.2, 0) is 13.1 Å². The molecule has 5 heteroatoms. The molecule has 0 amide bonds. The van der Waals surface area contributed by atoms with Crippen LogP contribution in [0.15, 0.2) is 6.33 Å². The minimum absolute atomic E-state index is 0.542. The molecule has 0 atom stereocenters. The molecule has 0 aliphatic rings. The topological polar surface area (TPSA) is 34.0 Å². The number of halogens is 1. The van der Waals surface area contributed by atoms with Gasteiger partial charge in [0.25, 0.3) is 0 Å². The first-order valence-corrected chi connectivity index (χ1v) is 7.47. The molecule has 0 aromatic carbocycles. The number of hydrogen-bond acceptors (Lipinski definition) is 3. The highest BCUT2D eigenvalue weighted by Gasteiger charge is 2.13. The predicted octanol–water partition coefficient (Wildman–Crippen LogP) is 2.68. The fraction of sp³-hybridized carbons (Fsp3) is 0.833. The first-order valence-electron chi connectivity index (χ1n) is 6.35. The lowest BCUT2D eigenvalue weighted by molar-refractivity contribution is 0.205. The Morgan fingerprint density at radius 1 is 1.47 bits per heavy atom. The highest BCUT2D eigenvalue weighted by molar-refractivity contribution is 9.09. The molecule has 0 unspecified atom stereocenters. The maximum Gasteiger partial charge on any atom is 0.141 e. The zero-order valence-electron chi connectivity index (χ0n) is 11.1. The van der Waals surface area contributed by atoms with E-state index in [0.29, 0.717) is 6.04 Å². The second kappa shape index (κ2) is 7.82. The Labute approximate surface area is 113 Å². The predicted molar refractivity (Wildman–Crippen MR) is 74.3 cm³/mol. The summed E-state index contributed by atoms with van der Waals surface area (Å²) in [6.07, 6.45) is 3.92. The monoisotopic (exact) mass is 302 g/mol. The van der Waals surface area contributed by atoms with Gasteiger partial charge in [-0.25, -0.2) is 9.67 Å². The summed E-state index contributed by atoms with van der Waals surface area (Å²) >= 11 is 3.48.